The average molecular weight is 914 g/mol. The van der Waals surface area contributed by atoms with Gasteiger partial charge in [0.15, 0.2) is 0 Å². The molecule has 13 N–H and O–H groups in total. The van der Waals surface area contributed by atoms with E-state index >= 15 is 0 Å². The number of hydrogen-bond donors (Lipinski definition) is 12. The number of aliphatic carboxylic acids is 2. The fraction of sp³-hybridized carbons (Fsp3) is 0.750. The lowest BCUT2D eigenvalue weighted by Gasteiger charge is -2.34. The lowest BCUT2D eigenvalue weighted by atomic mass is 9.97. The molecule has 2 aliphatic heterocycles. The van der Waals surface area contributed by atoms with Gasteiger partial charge < -0.3 is 73.0 Å². The molecule has 2 rings (SSSR count). The number of likely N-dealkylation sites (tertiary alicyclic amines) is 2. The summed E-state index contributed by atoms with van der Waals surface area (Å²) in [6, 6.07) is -12.2. The van der Waals surface area contributed by atoms with Crippen LogP contribution in [0.1, 0.15) is 86.5 Å². The Labute approximate surface area is 371 Å². The van der Waals surface area contributed by atoms with Gasteiger partial charge >= 0.3 is 11.9 Å². The fourth-order valence-corrected chi connectivity index (χ4v) is 7.17. The van der Waals surface area contributed by atoms with Gasteiger partial charge in [-0.15, -0.1) is 0 Å². The summed E-state index contributed by atoms with van der Waals surface area (Å²) < 4.78 is 0. The fourth-order valence-electron chi connectivity index (χ4n) is 7.17. The first-order valence-electron chi connectivity index (χ1n) is 21.5. The maximum Gasteiger partial charge on any atom is 0.328 e. The Morgan fingerprint density at radius 3 is 1.58 bits per heavy atom. The Kier molecular flexibility index (Phi) is 22.0. The van der Waals surface area contributed by atoms with E-state index in [4.69, 9.17) is 5.73 Å². The molecule has 0 radical (unpaired) electrons. The van der Waals surface area contributed by atoms with Crippen molar-refractivity contribution in [1.29, 1.82) is 0 Å². The highest BCUT2D eigenvalue weighted by Gasteiger charge is 2.45. The first-order valence-corrected chi connectivity index (χ1v) is 21.5. The van der Waals surface area contributed by atoms with Crippen LogP contribution < -0.4 is 37.6 Å². The van der Waals surface area contributed by atoms with Crippen LogP contribution in [0.3, 0.4) is 0 Å². The van der Waals surface area contributed by atoms with Crippen molar-refractivity contribution in [2.75, 3.05) is 32.9 Å². The monoisotopic (exact) mass is 913 g/mol. The van der Waals surface area contributed by atoms with Crippen LogP contribution in [0.5, 0.6) is 0 Å². The van der Waals surface area contributed by atoms with Gasteiger partial charge in [-0.05, 0) is 49.9 Å². The highest BCUT2D eigenvalue weighted by atomic mass is 16.4. The SMILES string of the molecule is CC[C@H](C)[C@H](NC(=O)[C@H](CCC(=O)O)NC(=O)[C@H](CO)NC(=O)[C@@H](N)C(C)C)C(=O)N[C@@H](CO)C(=O)N[C@H](C(=O)N1CCC[C@H]1C(=O)N1CCC[C@H]1C(=O)N[C@@H](CO)C(=O)O)C(C)C. The molecule has 8 amide bonds. The number of nitrogens with two attached hydrogens (primary N) is 1. The van der Waals surface area contributed by atoms with E-state index in [9.17, 15) is 73.5 Å². The lowest BCUT2D eigenvalue weighted by molar-refractivity contribution is -0.149. The summed E-state index contributed by atoms with van der Waals surface area (Å²) in [7, 11) is 0. The molecule has 24 nitrogen and oxygen atoms in total. The van der Waals surface area contributed by atoms with E-state index in [0.717, 1.165) is 0 Å². The molecule has 2 aliphatic rings. The smallest absolute Gasteiger partial charge is 0.328 e. The van der Waals surface area contributed by atoms with Gasteiger partial charge in [0.2, 0.25) is 47.3 Å². The molecule has 0 aliphatic carbocycles. The van der Waals surface area contributed by atoms with Gasteiger partial charge in [-0.1, -0.05) is 48.0 Å². The first-order chi connectivity index (χ1) is 30.0. The molecule has 10 atom stereocenters. The van der Waals surface area contributed by atoms with E-state index in [1.54, 1.807) is 41.5 Å². The zero-order valence-electron chi connectivity index (χ0n) is 37.2. The van der Waals surface area contributed by atoms with Crippen LogP contribution in [-0.4, -0.2) is 182 Å². The van der Waals surface area contributed by atoms with Crippen molar-refractivity contribution >= 4 is 59.2 Å². The van der Waals surface area contributed by atoms with E-state index in [0.29, 0.717) is 12.8 Å². The average Bonchev–Trinajstić information content (AvgIpc) is 3.95. The van der Waals surface area contributed by atoms with Crippen LogP contribution in [0.4, 0.5) is 0 Å². The number of aliphatic hydroxyl groups is 3. The number of amides is 8. The molecule has 362 valence electrons. The zero-order valence-corrected chi connectivity index (χ0v) is 37.2. The van der Waals surface area contributed by atoms with E-state index in [-0.39, 0.29) is 38.3 Å². The third-order valence-electron chi connectivity index (χ3n) is 11.4. The number of carbonyl (C=O) groups excluding carboxylic acids is 8. The molecular weight excluding hydrogens is 846 g/mol. The van der Waals surface area contributed by atoms with Crippen LogP contribution in [0.15, 0.2) is 0 Å². The number of rotatable bonds is 25. The summed E-state index contributed by atoms with van der Waals surface area (Å²) >= 11 is 0. The van der Waals surface area contributed by atoms with Crippen molar-refractivity contribution in [2.45, 2.75) is 141 Å². The third-order valence-corrected chi connectivity index (χ3v) is 11.4. The summed E-state index contributed by atoms with van der Waals surface area (Å²) in [4.78, 5) is 133. The summed E-state index contributed by atoms with van der Waals surface area (Å²) in [6.45, 7) is 7.37. The highest BCUT2D eigenvalue weighted by Crippen LogP contribution is 2.26. The minimum atomic E-state index is -1.67. The largest absolute Gasteiger partial charge is 0.481 e. The van der Waals surface area contributed by atoms with Gasteiger partial charge in [0.1, 0.15) is 48.3 Å². The molecule has 2 heterocycles. The molecule has 2 fully saturated rings. The van der Waals surface area contributed by atoms with Crippen molar-refractivity contribution in [2.24, 2.45) is 23.5 Å². The Hall–Kier alpha value is -5.46. The molecular formula is C40H67N9O15. The van der Waals surface area contributed by atoms with Gasteiger partial charge in [-0.25, -0.2) is 4.79 Å². The Morgan fingerprint density at radius 2 is 1.08 bits per heavy atom. The third kappa shape index (κ3) is 15.1. The van der Waals surface area contributed by atoms with E-state index in [1.807, 2.05) is 0 Å². The van der Waals surface area contributed by atoms with Crippen molar-refractivity contribution in [1.82, 2.24) is 41.7 Å². The number of aliphatic hydroxyl groups excluding tert-OH is 3. The minimum absolute atomic E-state index is 0.122. The summed E-state index contributed by atoms with van der Waals surface area (Å²) in [5, 5.41) is 62.3. The predicted molar refractivity (Wildman–Crippen MR) is 224 cm³/mol. The van der Waals surface area contributed by atoms with Crippen molar-refractivity contribution in [3.05, 3.63) is 0 Å². The second-order valence-corrected chi connectivity index (χ2v) is 16.8. The van der Waals surface area contributed by atoms with Gasteiger partial charge in [0, 0.05) is 19.5 Å². The van der Waals surface area contributed by atoms with Gasteiger partial charge in [0.05, 0.1) is 25.9 Å². The van der Waals surface area contributed by atoms with E-state index in [1.165, 1.54) is 9.80 Å². The minimum Gasteiger partial charge on any atom is -0.481 e. The van der Waals surface area contributed by atoms with Crippen LogP contribution in [0, 0.1) is 17.8 Å². The summed E-state index contributed by atoms with van der Waals surface area (Å²) in [5.74, 6) is -11.1. The van der Waals surface area contributed by atoms with Crippen LogP contribution in [-0.2, 0) is 47.9 Å². The quantitative estimate of drug-likeness (QED) is 0.0411. The highest BCUT2D eigenvalue weighted by molar-refractivity contribution is 5.98. The van der Waals surface area contributed by atoms with E-state index < -0.39 is 158 Å². The standard InChI is InChI=1S/C40H67N9O15/c1-7-21(6)31(47-32(55)22(12-13-28(53)54)42-33(56)23(16-50)43-36(59)29(41)19(2)3)37(60)44-24(17-51)34(57)46-30(20(4)5)39(62)49-15-9-11-27(49)38(61)48-14-8-10-26(48)35(58)45-25(18-52)40(63)64/h19-27,29-31,50-52H,7-18,41H2,1-6H3,(H,42,56)(H,43,59)(H,44,60)(H,45,58)(H,46,57)(H,47,55)(H,53,54)(H,63,64)/t21-,22-,23-,24-,25-,26-,27-,29-,30-,31-/m0/s1. The second-order valence-electron chi connectivity index (χ2n) is 16.8. The molecule has 0 aromatic carbocycles. The Morgan fingerprint density at radius 1 is 0.594 bits per heavy atom. The number of carboxylic acid groups (broad SMARTS) is 2. The molecule has 0 aromatic heterocycles. The molecule has 2 saturated heterocycles. The molecule has 0 aromatic rings. The zero-order chi connectivity index (χ0) is 48.6. The molecule has 0 spiro atoms. The number of hydrogen-bond acceptors (Lipinski definition) is 14. The van der Waals surface area contributed by atoms with Crippen LogP contribution in [0.2, 0.25) is 0 Å². The maximum absolute atomic E-state index is 14.1. The number of nitrogens with one attached hydrogen (secondary N) is 6. The van der Waals surface area contributed by atoms with Crippen molar-refractivity contribution < 1.29 is 73.5 Å². The number of carboxylic acids is 2. The van der Waals surface area contributed by atoms with Gasteiger partial charge in [-0.2, -0.15) is 0 Å². The lowest BCUT2D eigenvalue weighted by Crippen LogP contribution is -2.62. The summed E-state index contributed by atoms with van der Waals surface area (Å²) in [5.41, 5.74) is 5.83. The number of carbonyl (C=O) groups is 10. The molecule has 64 heavy (non-hydrogen) atoms. The maximum atomic E-state index is 14.1. The van der Waals surface area contributed by atoms with Gasteiger partial charge in [-0.3, -0.25) is 43.2 Å². The predicted octanol–water partition coefficient (Wildman–Crippen LogP) is -4.51. The molecule has 0 unspecified atom stereocenters. The molecule has 0 saturated carbocycles. The number of nitrogens with zero attached hydrogens (tertiary/aromatic N) is 2. The first kappa shape index (κ1) is 54.7. The topological polar surface area (TPSA) is 377 Å². The molecule has 0 bridgehead atoms. The van der Waals surface area contributed by atoms with Crippen LogP contribution in [0.25, 0.3) is 0 Å². The molecule has 24 heteroatoms. The van der Waals surface area contributed by atoms with E-state index in [2.05, 4.69) is 31.9 Å². The summed E-state index contributed by atoms with van der Waals surface area (Å²) in [6.07, 6.45) is 0.472. The second kappa shape index (κ2) is 25.7. The normalized spacial score (nSPS) is 19.9. The van der Waals surface area contributed by atoms with Crippen molar-refractivity contribution in [3.63, 3.8) is 0 Å². The van der Waals surface area contributed by atoms with Gasteiger partial charge in [0.25, 0.3) is 0 Å². The Bertz CT molecular complexity index is 1700. The Balaban J connectivity index is 2.24. The van der Waals surface area contributed by atoms with Crippen molar-refractivity contribution in [3.8, 4) is 0 Å². The van der Waals surface area contributed by atoms with Crippen LogP contribution >= 0.6 is 0 Å².